The van der Waals surface area contributed by atoms with Crippen molar-refractivity contribution in [3.63, 3.8) is 0 Å². The van der Waals surface area contributed by atoms with E-state index in [4.69, 9.17) is 4.74 Å². The fourth-order valence-corrected chi connectivity index (χ4v) is 3.62. The van der Waals surface area contributed by atoms with E-state index in [0.717, 1.165) is 5.56 Å². The molecular weight excluding hydrogens is 380 g/mol. The Labute approximate surface area is 174 Å². The molecule has 0 saturated carbocycles. The van der Waals surface area contributed by atoms with Crippen molar-refractivity contribution in [3.8, 4) is 5.75 Å². The van der Waals surface area contributed by atoms with Gasteiger partial charge >= 0.3 is 0 Å². The maximum atomic E-state index is 13.0. The van der Waals surface area contributed by atoms with Crippen molar-refractivity contribution in [2.75, 3.05) is 7.11 Å². The van der Waals surface area contributed by atoms with Crippen LogP contribution in [0.1, 0.15) is 22.7 Å². The molecular formula is C24H20N2O4. The molecule has 1 aromatic heterocycles. The predicted octanol–water partition coefficient (Wildman–Crippen LogP) is 3.71. The lowest BCUT2D eigenvalue weighted by Gasteiger charge is -2.25. The molecule has 0 bridgehead atoms. The maximum Gasteiger partial charge on any atom is 0.295 e. The van der Waals surface area contributed by atoms with Crippen molar-refractivity contribution < 1.29 is 19.4 Å². The number of amides is 1. The molecule has 1 N–H and O–H groups in total. The molecule has 0 spiro atoms. The zero-order chi connectivity index (χ0) is 21.1. The van der Waals surface area contributed by atoms with Gasteiger partial charge in [0.1, 0.15) is 11.5 Å². The van der Waals surface area contributed by atoms with E-state index in [9.17, 15) is 14.7 Å². The highest BCUT2D eigenvalue weighted by molar-refractivity contribution is 6.46. The predicted molar refractivity (Wildman–Crippen MR) is 112 cm³/mol. The summed E-state index contributed by atoms with van der Waals surface area (Å²) < 4.78 is 5.15. The zero-order valence-corrected chi connectivity index (χ0v) is 16.4. The van der Waals surface area contributed by atoms with Crippen LogP contribution in [0.5, 0.6) is 5.75 Å². The Bertz CT molecular complexity index is 1090. The Morgan fingerprint density at radius 3 is 2.30 bits per heavy atom. The summed E-state index contributed by atoms with van der Waals surface area (Å²) in [6, 6.07) is 18.9. The third kappa shape index (κ3) is 3.55. The summed E-state index contributed by atoms with van der Waals surface area (Å²) in [5.74, 6) is -0.938. The molecule has 2 aromatic carbocycles. The second kappa shape index (κ2) is 8.21. The summed E-state index contributed by atoms with van der Waals surface area (Å²) >= 11 is 0. The number of pyridine rings is 1. The van der Waals surface area contributed by atoms with Gasteiger partial charge in [-0.15, -0.1) is 0 Å². The second-order valence-corrected chi connectivity index (χ2v) is 6.92. The molecule has 1 unspecified atom stereocenters. The quantitative estimate of drug-likeness (QED) is 0.401. The first-order valence-electron chi connectivity index (χ1n) is 9.47. The monoisotopic (exact) mass is 400 g/mol. The van der Waals surface area contributed by atoms with E-state index in [-0.39, 0.29) is 17.9 Å². The molecule has 3 aromatic rings. The number of ether oxygens (including phenoxy) is 1. The SMILES string of the molecule is COc1ccc(/C(O)=C2\C(=O)C(=O)N(Cc3ccccc3)C2c2ccncc2)cc1. The first-order valence-corrected chi connectivity index (χ1v) is 9.47. The summed E-state index contributed by atoms with van der Waals surface area (Å²) in [6.07, 6.45) is 3.21. The minimum absolute atomic E-state index is 0.0623. The number of ketones is 1. The van der Waals surface area contributed by atoms with Crippen LogP contribution in [0.15, 0.2) is 84.7 Å². The van der Waals surface area contributed by atoms with Crippen molar-refractivity contribution >= 4 is 17.4 Å². The lowest BCUT2D eigenvalue weighted by molar-refractivity contribution is -0.140. The lowest BCUT2D eigenvalue weighted by Crippen LogP contribution is -2.29. The minimum Gasteiger partial charge on any atom is -0.507 e. The fourth-order valence-electron chi connectivity index (χ4n) is 3.62. The highest BCUT2D eigenvalue weighted by Crippen LogP contribution is 2.40. The number of aliphatic hydroxyl groups excluding tert-OH is 1. The normalized spacial score (nSPS) is 17.9. The number of methoxy groups -OCH3 is 1. The Morgan fingerprint density at radius 2 is 1.67 bits per heavy atom. The largest absolute Gasteiger partial charge is 0.507 e. The number of hydrogen-bond acceptors (Lipinski definition) is 5. The Morgan fingerprint density at radius 1 is 1.00 bits per heavy atom. The molecule has 6 nitrogen and oxygen atoms in total. The van der Waals surface area contributed by atoms with Gasteiger partial charge in [0.05, 0.1) is 18.7 Å². The summed E-state index contributed by atoms with van der Waals surface area (Å²) in [5.41, 5.74) is 2.10. The average Bonchev–Trinajstić information content (AvgIpc) is 3.05. The summed E-state index contributed by atoms with van der Waals surface area (Å²) in [4.78, 5) is 31.4. The highest BCUT2D eigenvalue weighted by Gasteiger charge is 2.46. The number of aliphatic hydroxyl groups is 1. The van der Waals surface area contributed by atoms with Gasteiger partial charge in [-0.3, -0.25) is 14.6 Å². The van der Waals surface area contributed by atoms with Crippen molar-refractivity contribution in [3.05, 3.63) is 101 Å². The van der Waals surface area contributed by atoms with Crippen LogP contribution in [0.3, 0.4) is 0 Å². The smallest absolute Gasteiger partial charge is 0.295 e. The number of Topliss-reactive ketones (excluding diaryl/α,β-unsaturated/α-hetero) is 1. The number of nitrogens with zero attached hydrogens (tertiary/aromatic N) is 2. The van der Waals surface area contributed by atoms with Crippen molar-refractivity contribution in [2.24, 2.45) is 0 Å². The van der Waals surface area contributed by atoms with E-state index >= 15 is 0 Å². The topological polar surface area (TPSA) is 79.7 Å². The van der Waals surface area contributed by atoms with E-state index in [1.165, 1.54) is 4.90 Å². The number of rotatable bonds is 5. The molecule has 4 rings (SSSR count). The van der Waals surface area contributed by atoms with Crippen LogP contribution in [0.25, 0.3) is 5.76 Å². The van der Waals surface area contributed by atoms with Gasteiger partial charge in [0.25, 0.3) is 11.7 Å². The second-order valence-electron chi connectivity index (χ2n) is 6.92. The van der Waals surface area contributed by atoms with Crippen molar-refractivity contribution in [1.82, 2.24) is 9.88 Å². The Hall–Kier alpha value is -3.93. The number of likely N-dealkylation sites (tertiary alicyclic amines) is 1. The van der Waals surface area contributed by atoms with Gasteiger partial charge in [-0.1, -0.05) is 30.3 Å². The van der Waals surface area contributed by atoms with Gasteiger partial charge in [0, 0.05) is 24.5 Å². The standard InChI is InChI=1S/C24H20N2O4/c1-30-19-9-7-18(8-10-19)22(27)20-21(17-11-13-25-14-12-17)26(24(29)23(20)28)15-16-5-3-2-4-6-16/h2-14,21,27H,15H2,1H3/b22-20+. The first-order chi connectivity index (χ1) is 14.6. The third-order valence-corrected chi connectivity index (χ3v) is 5.12. The van der Waals surface area contributed by atoms with Gasteiger partial charge in [-0.2, -0.15) is 0 Å². The first kappa shape index (κ1) is 19.4. The van der Waals surface area contributed by atoms with Crippen LogP contribution in [0.2, 0.25) is 0 Å². The van der Waals surface area contributed by atoms with Gasteiger partial charge in [-0.25, -0.2) is 0 Å². The van der Waals surface area contributed by atoms with E-state index in [1.807, 2.05) is 30.3 Å². The van der Waals surface area contributed by atoms with Crippen LogP contribution in [0.4, 0.5) is 0 Å². The molecule has 1 amide bonds. The molecule has 6 heteroatoms. The van der Waals surface area contributed by atoms with E-state index in [1.54, 1.807) is 55.9 Å². The van der Waals surface area contributed by atoms with Crippen LogP contribution < -0.4 is 4.74 Å². The summed E-state index contributed by atoms with van der Waals surface area (Å²) in [6.45, 7) is 0.248. The van der Waals surface area contributed by atoms with E-state index < -0.39 is 17.7 Å². The van der Waals surface area contributed by atoms with Crippen molar-refractivity contribution in [2.45, 2.75) is 12.6 Å². The van der Waals surface area contributed by atoms with Crippen LogP contribution in [-0.2, 0) is 16.1 Å². The van der Waals surface area contributed by atoms with E-state index in [0.29, 0.717) is 16.9 Å². The number of aromatic nitrogens is 1. The number of carbonyl (C=O) groups excluding carboxylic acids is 2. The summed E-state index contributed by atoms with van der Waals surface area (Å²) in [7, 11) is 1.55. The molecule has 0 aliphatic carbocycles. The van der Waals surface area contributed by atoms with Crippen LogP contribution in [0, 0.1) is 0 Å². The Balaban J connectivity index is 1.83. The number of carbonyl (C=O) groups is 2. The average molecular weight is 400 g/mol. The maximum absolute atomic E-state index is 13.0. The number of benzene rings is 2. The van der Waals surface area contributed by atoms with Crippen molar-refractivity contribution in [1.29, 1.82) is 0 Å². The molecule has 30 heavy (non-hydrogen) atoms. The third-order valence-electron chi connectivity index (χ3n) is 5.12. The molecule has 1 fully saturated rings. The van der Waals surface area contributed by atoms with Gasteiger partial charge in [0.2, 0.25) is 0 Å². The van der Waals surface area contributed by atoms with Gasteiger partial charge < -0.3 is 14.7 Å². The molecule has 1 atom stereocenters. The zero-order valence-electron chi connectivity index (χ0n) is 16.4. The molecule has 1 saturated heterocycles. The minimum atomic E-state index is -0.713. The van der Waals surface area contributed by atoms with Crippen LogP contribution >= 0.6 is 0 Å². The highest BCUT2D eigenvalue weighted by atomic mass is 16.5. The fraction of sp³-hybridized carbons (Fsp3) is 0.125. The van der Waals surface area contributed by atoms with E-state index in [2.05, 4.69) is 4.98 Å². The molecule has 0 radical (unpaired) electrons. The molecule has 150 valence electrons. The van der Waals surface area contributed by atoms with Crippen LogP contribution in [-0.4, -0.2) is 33.8 Å². The molecule has 1 aliphatic heterocycles. The molecule has 2 heterocycles. The van der Waals surface area contributed by atoms with Gasteiger partial charge in [-0.05, 0) is 47.5 Å². The Kier molecular flexibility index (Phi) is 5.30. The van der Waals surface area contributed by atoms with Gasteiger partial charge in [0.15, 0.2) is 0 Å². The lowest BCUT2D eigenvalue weighted by atomic mass is 9.96. The summed E-state index contributed by atoms with van der Waals surface area (Å²) in [5, 5.41) is 11.0. The number of hydrogen-bond donors (Lipinski definition) is 1. The molecule has 1 aliphatic rings.